The molecule has 0 aliphatic rings. The van der Waals surface area contributed by atoms with Crippen molar-refractivity contribution in [1.82, 2.24) is 14.5 Å². The molecular weight excluding hydrogens is 214 g/mol. The SMILES string of the molecule is COc1cc(-n2cc(C(C)C)nc2C)ccn1. The molecule has 0 N–H and O–H groups in total. The standard InChI is InChI=1S/C13H17N3O/c1-9(2)12-8-16(10(3)15-12)11-5-6-14-13(7-11)17-4/h5-9H,1-4H3. The normalized spacial score (nSPS) is 10.9. The maximum absolute atomic E-state index is 5.13. The third-order valence-corrected chi connectivity index (χ3v) is 2.70. The van der Waals surface area contributed by atoms with Crippen LogP contribution < -0.4 is 4.74 Å². The summed E-state index contributed by atoms with van der Waals surface area (Å²) in [4.78, 5) is 8.64. The Morgan fingerprint density at radius 1 is 1.35 bits per heavy atom. The summed E-state index contributed by atoms with van der Waals surface area (Å²) in [6.07, 6.45) is 3.80. The Hall–Kier alpha value is -1.84. The molecule has 0 bridgehead atoms. The van der Waals surface area contributed by atoms with E-state index in [1.54, 1.807) is 13.3 Å². The molecular formula is C13H17N3O. The predicted molar refractivity (Wildman–Crippen MR) is 66.7 cm³/mol. The molecule has 4 nitrogen and oxygen atoms in total. The van der Waals surface area contributed by atoms with E-state index in [4.69, 9.17) is 4.74 Å². The average Bonchev–Trinajstić information content (AvgIpc) is 2.72. The van der Waals surface area contributed by atoms with Crippen molar-refractivity contribution >= 4 is 0 Å². The van der Waals surface area contributed by atoms with Crippen LogP contribution in [0.4, 0.5) is 0 Å². The Kier molecular flexibility index (Phi) is 3.13. The monoisotopic (exact) mass is 231 g/mol. The van der Waals surface area contributed by atoms with Crippen molar-refractivity contribution in [3.8, 4) is 11.6 Å². The van der Waals surface area contributed by atoms with Gasteiger partial charge in [-0.1, -0.05) is 13.8 Å². The molecule has 0 spiro atoms. The molecule has 0 radical (unpaired) electrons. The second-order valence-electron chi connectivity index (χ2n) is 4.29. The number of nitrogens with zero attached hydrogens (tertiary/aromatic N) is 3. The van der Waals surface area contributed by atoms with Crippen molar-refractivity contribution < 1.29 is 4.74 Å². The fraction of sp³-hybridized carbons (Fsp3) is 0.385. The number of rotatable bonds is 3. The zero-order valence-electron chi connectivity index (χ0n) is 10.6. The topological polar surface area (TPSA) is 39.9 Å². The lowest BCUT2D eigenvalue weighted by atomic mass is 10.2. The molecule has 0 unspecified atom stereocenters. The highest BCUT2D eigenvalue weighted by Gasteiger charge is 2.09. The van der Waals surface area contributed by atoms with Crippen LogP contribution in [0, 0.1) is 6.92 Å². The minimum Gasteiger partial charge on any atom is -0.481 e. The van der Waals surface area contributed by atoms with Crippen LogP contribution in [0.1, 0.15) is 31.3 Å². The molecule has 90 valence electrons. The van der Waals surface area contributed by atoms with Gasteiger partial charge in [-0.15, -0.1) is 0 Å². The molecule has 0 fully saturated rings. The lowest BCUT2D eigenvalue weighted by molar-refractivity contribution is 0.397. The Bertz CT molecular complexity index is 517. The van der Waals surface area contributed by atoms with Crippen LogP contribution in [0.25, 0.3) is 5.69 Å². The van der Waals surface area contributed by atoms with Gasteiger partial charge in [0.2, 0.25) is 5.88 Å². The molecule has 0 aliphatic heterocycles. The highest BCUT2D eigenvalue weighted by molar-refractivity contribution is 5.36. The van der Waals surface area contributed by atoms with E-state index < -0.39 is 0 Å². The molecule has 17 heavy (non-hydrogen) atoms. The van der Waals surface area contributed by atoms with E-state index in [1.165, 1.54) is 0 Å². The number of ether oxygens (including phenoxy) is 1. The number of hydrogen-bond acceptors (Lipinski definition) is 3. The summed E-state index contributed by atoms with van der Waals surface area (Å²) in [7, 11) is 1.62. The van der Waals surface area contributed by atoms with E-state index in [2.05, 4.69) is 34.6 Å². The molecule has 0 saturated carbocycles. The van der Waals surface area contributed by atoms with Gasteiger partial charge in [0.15, 0.2) is 0 Å². The van der Waals surface area contributed by atoms with Crippen LogP contribution in [0.5, 0.6) is 5.88 Å². The number of imidazole rings is 1. The highest BCUT2D eigenvalue weighted by atomic mass is 16.5. The number of methoxy groups -OCH3 is 1. The lowest BCUT2D eigenvalue weighted by Gasteiger charge is -2.05. The first kappa shape index (κ1) is 11.6. The first-order valence-electron chi connectivity index (χ1n) is 5.68. The van der Waals surface area contributed by atoms with E-state index >= 15 is 0 Å². The molecule has 0 atom stereocenters. The molecule has 0 aliphatic carbocycles. The van der Waals surface area contributed by atoms with Gasteiger partial charge in [-0.25, -0.2) is 9.97 Å². The molecule has 2 aromatic heterocycles. The lowest BCUT2D eigenvalue weighted by Crippen LogP contribution is -1.97. The van der Waals surface area contributed by atoms with Crippen molar-refractivity contribution in [2.45, 2.75) is 26.7 Å². The van der Waals surface area contributed by atoms with Gasteiger partial charge in [-0.3, -0.25) is 0 Å². The summed E-state index contributed by atoms with van der Waals surface area (Å²) < 4.78 is 7.18. The molecule has 0 amide bonds. The first-order chi connectivity index (χ1) is 8.11. The molecule has 0 aromatic carbocycles. The van der Waals surface area contributed by atoms with Gasteiger partial charge in [0.05, 0.1) is 18.5 Å². The smallest absolute Gasteiger partial charge is 0.215 e. The van der Waals surface area contributed by atoms with Crippen molar-refractivity contribution in [2.24, 2.45) is 0 Å². The Morgan fingerprint density at radius 3 is 2.71 bits per heavy atom. The third kappa shape index (κ3) is 2.30. The second-order valence-corrected chi connectivity index (χ2v) is 4.29. The Morgan fingerprint density at radius 2 is 2.12 bits per heavy atom. The number of aryl methyl sites for hydroxylation is 1. The third-order valence-electron chi connectivity index (χ3n) is 2.70. The van der Waals surface area contributed by atoms with Crippen molar-refractivity contribution in [2.75, 3.05) is 7.11 Å². The van der Waals surface area contributed by atoms with Crippen LogP contribution >= 0.6 is 0 Å². The van der Waals surface area contributed by atoms with E-state index in [9.17, 15) is 0 Å². The van der Waals surface area contributed by atoms with Crippen molar-refractivity contribution in [1.29, 1.82) is 0 Å². The average molecular weight is 231 g/mol. The first-order valence-corrected chi connectivity index (χ1v) is 5.68. The summed E-state index contributed by atoms with van der Waals surface area (Å²) in [5, 5.41) is 0. The fourth-order valence-electron chi connectivity index (χ4n) is 1.70. The maximum atomic E-state index is 5.13. The van der Waals surface area contributed by atoms with Gasteiger partial charge in [0.25, 0.3) is 0 Å². The van der Waals surface area contributed by atoms with Crippen LogP contribution in [-0.2, 0) is 0 Å². The molecule has 0 saturated heterocycles. The molecule has 4 heteroatoms. The zero-order chi connectivity index (χ0) is 12.4. The number of aromatic nitrogens is 3. The Labute approximate surface area is 101 Å². The van der Waals surface area contributed by atoms with Gasteiger partial charge < -0.3 is 9.30 Å². The van der Waals surface area contributed by atoms with Gasteiger partial charge in [-0.05, 0) is 18.9 Å². The minimum atomic E-state index is 0.429. The summed E-state index contributed by atoms with van der Waals surface area (Å²) >= 11 is 0. The summed E-state index contributed by atoms with van der Waals surface area (Å²) in [6, 6.07) is 3.85. The van der Waals surface area contributed by atoms with Crippen molar-refractivity contribution in [3.05, 3.63) is 36.0 Å². The minimum absolute atomic E-state index is 0.429. The van der Waals surface area contributed by atoms with Gasteiger partial charge in [-0.2, -0.15) is 0 Å². The van der Waals surface area contributed by atoms with E-state index in [1.807, 2.05) is 19.1 Å². The van der Waals surface area contributed by atoms with E-state index in [0.29, 0.717) is 11.8 Å². The highest BCUT2D eigenvalue weighted by Crippen LogP contribution is 2.19. The van der Waals surface area contributed by atoms with Gasteiger partial charge >= 0.3 is 0 Å². The number of pyridine rings is 1. The summed E-state index contributed by atoms with van der Waals surface area (Å²) in [5.41, 5.74) is 2.12. The quantitative estimate of drug-likeness (QED) is 0.815. The van der Waals surface area contributed by atoms with E-state index in [0.717, 1.165) is 17.2 Å². The fourth-order valence-corrected chi connectivity index (χ4v) is 1.70. The van der Waals surface area contributed by atoms with Crippen molar-refractivity contribution in [3.63, 3.8) is 0 Å². The maximum Gasteiger partial charge on any atom is 0.215 e. The molecule has 2 heterocycles. The summed E-state index contributed by atoms with van der Waals surface area (Å²) in [6.45, 7) is 6.28. The molecule has 2 aromatic rings. The Balaban J connectivity index is 2.45. The predicted octanol–water partition coefficient (Wildman–Crippen LogP) is 2.71. The second kappa shape index (κ2) is 4.57. The van der Waals surface area contributed by atoms with Crippen LogP contribution in [0.3, 0.4) is 0 Å². The number of hydrogen-bond donors (Lipinski definition) is 0. The van der Waals surface area contributed by atoms with Gasteiger partial charge in [0.1, 0.15) is 5.82 Å². The van der Waals surface area contributed by atoms with Crippen LogP contribution in [-0.4, -0.2) is 21.6 Å². The largest absolute Gasteiger partial charge is 0.481 e. The van der Waals surface area contributed by atoms with E-state index in [-0.39, 0.29) is 0 Å². The zero-order valence-corrected chi connectivity index (χ0v) is 10.6. The van der Waals surface area contributed by atoms with Crippen LogP contribution in [0.15, 0.2) is 24.5 Å². The van der Waals surface area contributed by atoms with Gasteiger partial charge in [0, 0.05) is 18.5 Å². The van der Waals surface area contributed by atoms with Crippen LogP contribution in [0.2, 0.25) is 0 Å². The summed E-state index contributed by atoms with van der Waals surface area (Å²) in [5.74, 6) is 2.02. The molecule has 2 rings (SSSR count).